The fourth-order valence-electron chi connectivity index (χ4n) is 11.3. The number of carbonyl (C=O) groups is 7. The Bertz CT molecular complexity index is 2740. The van der Waals surface area contributed by atoms with Gasteiger partial charge in [0.15, 0.2) is 23.5 Å². The number of hydrogen-bond acceptors (Lipinski definition) is 16. The van der Waals surface area contributed by atoms with Crippen molar-refractivity contribution in [1.82, 2.24) is 10.2 Å². The maximum Gasteiger partial charge on any atom is 0.413 e. The molecule has 2 saturated carbocycles. The van der Waals surface area contributed by atoms with Crippen LogP contribution in [0.25, 0.3) is 0 Å². The summed E-state index contributed by atoms with van der Waals surface area (Å²) in [6.45, 7) is 12.3. The zero-order valence-corrected chi connectivity index (χ0v) is 49.9. The van der Waals surface area contributed by atoms with Gasteiger partial charge in [-0.05, 0) is 103 Å². The van der Waals surface area contributed by atoms with Crippen molar-refractivity contribution in [3.63, 3.8) is 0 Å². The summed E-state index contributed by atoms with van der Waals surface area (Å²) in [6.07, 6.45) is 6.51. The van der Waals surface area contributed by atoms with Crippen molar-refractivity contribution in [3.8, 4) is 0 Å². The topological polar surface area (TPSA) is 240 Å². The van der Waals surface area contributed by atoms with Gasteiger partial charge in [-0.15, -0.1) is 0 Å². The molecule has 3 aliphatic carbocycles. The zero-order chi connectivity index (χ0) is 62.4. The number of fused-ring (bicyclic) bond motifs is 5. The molecule has 1 aliphatic heterocycles. The average Bonchev–Trinajstić information content (AvgIpc) is 0.677. The minimum Gasteiger partial charge on any atom is -0.455 e. The highest BCUT2D eigenvalue weighted by atomic mass is 19.4. The van der Waals surface area contributed by atoms with Crippen LogP contribution in [0.15, 0.2) is 114 Å². The number of ether oxygens (including phenoxy) is 7. The summed E-state index contributed by atoms with van der Waals surface area (Å²) in [5, 5.41) is 27.8. The van der Waals surface area contributed by atoms with E-state index in [-0.39, 0.29) is 29.6 Å². The molecule has 1 saturated heterocycles. The molecule has 11 atom stereocenters. The summed E-state index contributed by atoms with van der Waals surface area (Å²) < 4.78 is 86.9. The second-order valence-corrected chi connectivity index (χ2v) is 23.4. The lowest BCUT2D eigenvalue weighted by Gasteiger charge is -2.67. The number of nitrogens with one attached hydrogen (secondary N) is 1. The summed E-state index contributed by atoms with van der Waals surface area (Å²) in [5.41, 5.74) is -10.6. The monoisotopic (exact) mass is 1180 g/mol. The first-order chi connectivity index (χ1) is 39.4. The zero-order valence-electron chi connectivity index (χ0n) is 49.9. The fourth-order valence-corrected chi connectivity index (χ4v) is 11.3. The first kappa shape index (κ1) is 67.9. The number of alkyl halides is 3. The van der Waals surface area contributed by atoms with Crippen molar-refractivity contribution in [3.05, 3.63) is 120 Å². The number of carbonyl (C=O) groups excluding carboxylic acids is 7. The third-order valence-electron chi connectivity index (χ3n) is 15.7. The number of benzene rings is 1. The molecule has 5 rings (SSSR count). The molecule has 462 valence electrons. The summed E-state index contributed by atoms with van der Waals surface area (Å²) in [5.74, 6) is -7.98. The van der Waals surface area contributed by atoms with E-state index >= 15 is 18.0 Å². The highest BCUT2D eigenvalue weighted by molar-refractivity contribution is 5.96. The van der Waals surface area contributed by atoms with Gasteiger partial charge in [0, 0.05) is 45.7 Å². The standard InChI is InChI=1S/C63H83F3N2O16/c1-12-13-14-15-16-17-18-19-20-21-22-23-24-25-26-27-28-29-33-36-46(71)80-49(51(63(64,65)66)67-56(75)84-58(4,5)6)55(74)79-43-38-62(77)53(82-54(73)42-34-31-30-32-35-42)50-60(9,44(70)37-45-61(50,39-78-45)83-41(3)69)52(72)48(81-57(76)68(10)11)47(40(43)2)59(62,7)8/h13-14,16-17,19-20,22-23,25-26,28-32,34-35,43-45,48-51,53,70,77H,12,15,18,21,24,27,33,36-39H2,1-11H3,(H,67,75)/b14-13-,17-16-,20-19-,23-22-,26-25-,29-28-/t43-,44-,45+,48+,49+,50?,51+,53-,60+,61-,62+/m0/s1. The predicted molar refractivity (Wildman–Crippen MR) is 304 cm³/mol. The maximum atomic E-state index is 15.8. The minimum atomic E-state index is -5.54. The van der Waals surface area contributed by atoms with Crippen LogP contribution in [-0.4, -0.2) is 143 Å². The van der Waals surface area contributed by atoms with Gasteiger partial charge in [-0.25, -0.2) is 19.2 Å². The summed E-state index contributed by atoms with van der Waals surface area (Å²) in [7, 11) is 2.62. The number of ketones is 1. The smallest absolute Gasteiger partial charge is 0.413 e. The van der Waals surface area contributed by atoms with E-state index in [1.807, 2.05) is 24.3 Å². The van der Waals surface area contributed by atoms with Gasteiger partial charge in [-0.2, -0.15) is 13.2 Å². The molecule has 1 heterocycles. The number of esters is 4. The minimum absolute atomic E-state index is 0.0445. The number of Topliss-reactive ketones (excluding diaryl/α,β-unsaturated/α-hetero) is 1. The van der Waals surface area contributed by atoms with Crippen molar-refractivity contribution in [1.29, 1.82) is 0 Å². The first-order valence-corrected chi connectivity index (χ1v) is 28.3. The Morgan fingerprint density at radius 3 is 1.87 bits per heavy atom. The number of aliphatic hydroxyl groups is 2. The molecule has 1 unspecified atom stereocenters. The number of aliphatic hydroxyl groups excluding tert-OH is 1. The Morgan fingerprint density at radius 1 is 0.833 bits per heavy atom. The second-order valence-electron chi connectivity index (χ2n) is 23.4. The van der Waals surface area contributed by atoms with Crippen molar-refractivity contribution in [2.24, 2.45) is 16.7 Å². The molecular formula is C63H83F3N2O16. The van der Waals surface area contributed by atoms with Crippen LogP contribution < -0.4 is 5.32 Å². The van der Waals surface area contributed by atoms with Crippen molar-refractivity contribution < 1.29 is 90.1 Å². The fraction of sp³-hybridized carbons (Fsp3) is 0.571. The van der Waals surface area contributed by atoms with E-state index in [2.05, 4.69) is 43.4 Å². The SMILES string of the molecule is CC/C=C\C/C=C\C/C=C\C/C=C\C/C=C\C/C=C\CCC(=O)O[C@@H](C(=O)O[C@H]1C[C@@]2(O)[C@@H](OC(=O)c3ccccc3)C3[C@](C)(C(=O)[C@H](OC(=O)N(C)C)C(=C1C)C2(C)C)[C@@H](O)C[C@H]1OC[C@@]31OC(C)=O)[C@@H](NC(=O)OC(C)(C)C)C(F)(F)F. The third kappa shape index (κ3) is 16.1. The van der Waals surface area contributed by atoms with E-state index in [0.717, 1.165) is 37.5 Å². The highest BCUT2D eigenvalue weighted by Crippen LogP contribution is 2.64. The van der Waals surface area contributed by atoms with Gasteiger partial charge in [0.25, 0.3) is 0 Å². The Balaban J connectivity index is 1.53. The number of nitrogens with zero attached hydrogens (tertiary/aromatic N) is 1. The van der Waals surface area contributed by atoms with E-state index < -0.39 is 144 Å². The van der Waals surface area contributed by atoms with Gasteiger partial charge in [-0.3, -0.25) is 14.4 Å². The number of alkyl carbamates (subject to hydrolysis) is 1. The quantitative estimate of drug-likeness (QED) is 0.0524. The van der Waals surface area contributed by atoms with E-state index in [1.54, 1.807) is 23.5 Å². The molecule has 1 aromatic carbocycles. The third-order valence-corrected chi connectivity index (χ3v) is 15.7. The van der Waals surface area contributed by atoms with Gasteiger partial charge in [0.1, 0.15) is 29.5 Å². The molecule has 2 amide bonds. The molecule has 2 bridgehead atoms. The van der Waals surface area contributed by atoms with Crippen LogP contribution in [0.2, 0.25) is 0 Å². The largest absolute Gasteiger partial charge is 0.455 e. The van der Waals surface area contributed by atoms with Gasteiger partial charge in [0.05, 0.1) is 29.6 Å². The normalized spacial score (nSPS) is 27.6. The van der Waals surface area contributed by atoms with Crippen LogP contribution in [0.3, 0.4) is 0 Å². The molecule has 3 fully saturated rings. The molecule has 84 heavy (non-hydrogen) atoms. The van der Waals surface area contributed by atoms with E-state index in [9.17, 15) is 39.0 Å². The number of allylic oxidation sites excluding steroid dienone is 12. The maximum absolute atomic E-state index is 15.8. The van der Waals surface area contributed by atoms with Crippen molar-refractivity contribution in [2.45, 2.75) is 192 Å². The molecule has 4 aliphatic rings. The average molecular weight is 1180 g/mol. The lowest BCUT2D eigenvalue weighted by Crippen LogP contribution is -2.82. The van der Waals surface area contributed by atoms with Crippen molar-refractivity contribution in [2.75, 3.05) is 20.7 Å². The van der Waals surface area contributed by atoms with E-state index in [4.69, 9.17) is 33.2 Å². The predicted octanol–water partition coefficient (Wildman–Crippen LogP) is 10.2. The van der Waals surface area contributed by atoms with Gasteiger partial charge in [-0.1, -0.05) is 112 Å². The Kier molecular flexibility index (Phi) is 23.3. The van der Waals surface area contributed by atoms with Crippen LogP contribution in [0, 0.1) is 16.7 Å². The lowest BCUT2D eigenvalue weighted by atomic mass is 9.44. The summed E-state index contributed by atoms with van der Waals surface area (Å²) in [4.78, 5) is 99.8. The van der Waals surface area contributed by atoms with Crippen LogP contribution in [0.1, 0.15) is 137 Å². The number of hydrogen-bond donors (Lipinski definition) is 3. The molecule has 0 aromatic heterocycles. The molecule has 18 nitrogen and oxygen atoms in total. The van der Waals surface area contributed by atoms with Gasteiger partial charge < -0.3 is 53.6 Å². The van der Waals surface area contributed by atoms with Gasteiger partial charge in [0.2, 0.25) is 6.10 Å². The van der Waals surface area contributed by atoms with Crippen LogP contribution in [-0.2, 0) is 52.3 Å². The summed E-state index contributed by atoms with van der Waals surface area (Å²) in [6, 6.07) is 4.13. The van der Waals surface area contributed by atoms with E-state index in [0.29, 0.717) is 12.8 Å². The van der Waals surface area contributed by atoms with Crippen LogP contribution in [0.5, 0.6) is 0 Å². The molecular weight excluding hydrogens is 1100 g/mol. The molecule has 21 heteroatoms. The Hall–Kier alpha value is -6.84. The number of halogens is 3. The lowest BCUT2D eigenvalue weighted by molar-refractivity contribution is -0.346. The molecule has 1 aromatic rings. The molecule has 3 N–H and O–H groups in total. The summed E-state index contributed by atoms with van der Waals surface area (Å²) >= 11 is 0. The first-order valence-electron chi connectivity index (χ1n) is 28.3. The van der Waals surface area contributed by atoms with E-state index in [1.165, 1.54) is 86.8 Å². The Morgan fingerprint density at radius 2 is 1.38 bits per heavy atom. The molecule has 0 radical (unpaired) electrons. The van der Waals surface area contributed by atoms with Crippen LogP contribution in [0.4, 0.5) is 22.8 Å². The Labute approximate surface area is 490 Å². The highest BCUT2D eigenvalue weighted by Gasteiger charge is 2.78. The van der Waals surface area contributed by atoms with Crippen LogP contribution >= 0.6 is 0 Å². The number of rotatable bonds is 23. The van der Waals surface area contributed by atoms with Crippen molar-refractivity contribution >= 4 is 41.8 Å². The molecule has 0 spiro atoms. The number of amides is 2. The second kappa shape index (κ2) is 28.8. The van der Waals surface area contributed by atoms with Gasteiger partial charge >= 0.3 is 42.2 Å².